The normalized spacial score (nSPS) is 17.9. The van der Waals surface area contributed by atoms with Crippen molar-refractivity contribution in [3.05, 3.63) is 59.2 Å². The fourth-order valence-corrected chi connectivity index (χ4v) is 3.77. The molecule has 1 amide bonds. The largest absolute Gasteiger partial charge is 0.483 e. The third kappa shape index (κ3) is 5.28. The van der Waals surface area contributed by atoms with Crippen LogP contribution < -0.4 is 15.0 Å². The zero-order valence-corrected chi connectivity index (χ0v) is 17.5. The lowest BCUT2D eigenvalue weighted by Crippen LogP contribution is -2.34. The molecule has 1 aliphatic rings. The van der Waals surface area contributed by atoms with Crippen molar-refractivity contribution in [2.45, 2.75) is 46.6 Å². The molecule has 0 bridgehead atoms. The van der Waals surface area contributed by atoms with Gasteiger partial charge in [-0.25, -0.2) is 0 Å². The topological polar surface area (TPSA) is 41.6 Å². The van der Waals surface area contributed by atoms with Crippen LogP contribution >= 0.6 is 0 Å². The number of aryl methyl sites for hydroxylation is 2. The van der Waals surface area contributed by atoms with Crippen LogP contribution in [0.1, 0.15) is 49.4 Å². The van der Waals surface area contributed by atoms with Gasteiger partial charge in [0.15, 0.2) is 6.61 Å². The van der Waals surface area contributed by atoms with Gasteiger partial charge in [0.25, 0.3) is 5.91 Å². The molecule has 1 heterocycles. The minimum Gasteiger partial charge on any atom is -0.483 e. The Morgan fingerprint density at radius 3 is 2.68 bits per heavy atom. The second kappa shape index (κ2) is 9.13. The fraction of sp³-hybridized carbons (Fsp3) is 0.458. The van der Waals surface area contributed by atoms with E-state index in [-0.39, 0.29) is 18.6 Å². The summed E-state index contributed by atoms with van der Waals surface area (Å²) in [6, 6.07) is 14.5. The van der Waals surface area contributed by atoms with E-state index in [4.69, 9.17) is 4.74 Å². The number of carbonyl (C=O) groups excluding carboxylic acids is 1. The van der Waals surface area contributed by atoms with Gasteiger partial charge >= 0.3 is 0 Å². The van der Waals surface area contributed by atoms with Crippen molar-refractivity contribution < 1.29 is 9.53 Å². The number of amides is 1. The van der Waals surface area contributed by atoms with Crippen LogP contribution in [0.15, 0.2) is 42.5 Å². The number of ether oxygens (including phenoxy) is 1. The molecule has 150 valence electrons. The van der Waals surface area contributed by atoms with Crippen molar-refractivity contribution in [3.8, 4) is 5.75 Å². The highest BCUT2D eigenvalue weighted by Crippen LogP contribution is 2.24. The van der Waals surface area contributed by atoms with E-state index in [0.29, 0.717) is 0 Å². The highest BCUT2D eigenvalue weighted by Gasteiger charge is 2.17. The van der Waals surface area contributed by atoms with Crippen molar-refractivity contribution in [3.63, 3.8) is 0 Å². The molecule has 0 saturated carbocycles. The average Bonchev–Trinajstić information content (AvgIpc) is 2.69. The van der Waals surface area contributed by atoms with Gasteiger partial charge in [-0.1, -0.05) is 31.2 Å². The van der Waals surface area contributed by atoms with E-state index in [1.807, 2.05) is 39.0 Å². The number of nitrogens with one attached hydrogen (secondary N) is 1. The molecule has 4 nitrogen and oxygen atoms in total. The van der Waals surface area contributed by atoms with Crippen LogP contribution in [-0.2, 0) is 4.79 Å². The molecule has 0 aliphatic carbocycles. The van der Waals surface area contributed by atoms with Gasteiger partial charge in [-0.3, -0.25) is 4.79 Å². The molecule has 0 spiro atoms. The zero-order chi connectivity index (χ0) is 20.1. The van der Waals surface area contributed by atoms with Crippen LogP contribution in [0, 0.1) is 19.8 Å². The first-order valence-electron chi connectivity index (χ1n) is 10.3. The highest BCUT2D eigenvalue weighted by atomic mass is 16.5. The summed E-state index contributed by atoms with van der Waals surface area (Å²) in [6.07, 6.45) is 2.58. The van der Waals surface area contributed by atoms with Gasteiger partial charge in [-0.05, 0) is 74.4 Å². The van der Waals surface area contributed by atoms with Crippen LogP contribution in [-0.4, -0.2) is 25.6 Å². The molecule has 4 heteroatoms. The number of carbonyl (C=O) groups is 1. The van der Waals surface area contributed by atoms with Crippen LogP contribution in [0.2, 0.25) is 0 Å². The Hall–Kier alpha value is -2.49. The standard InChI is InChI=1S/C24H32N2O2/c1-17-7-8-19(3)23(14-17)28-16-24(27)25-20(4)21-9-11-22(12-10-21)26-13-5-6-18(2)15-26/h7-12,14,18,20H,5-6,13,15-16H2,1-4H3,(H,25,27)/t18-,20-/m0/s1. The summed E-state index contributed by atoms with van der Waals surface area (Å²) < 4.78 is 5.71. The summed E-state index contributed by atoms with van der Waals surface area (Å²) in [7, 11) is 0. The molecule has 2 atom stereocenters. The summed E-state index contributed by atoms with van der Waals surface area (Å²) >= 11 is 0. The van der Waals surface area contributed by atoms with Gasteiger partial charge < -0.3 is 15.0 Å². The third-order valence-corrected chi connectivity index (χ3v) is 5.50. The summed E-state index contributed by atoms with van der Waals surface area (Å²) in [6.45, 7) is 10.6. The maximum absolute atomic E-state index is 12.3. The molecule has 0 unspecified atom stereocenters. The minimum absolute atomic E-state index is 0.0262. The lowest BCUT2D eigenvalue weighted by Gasteiger charge is -2.33. The molecular weight excluding hydrogens is 348 g/mol. The lowest BCUT2D eigenvalue weighted by atomic mass is 9.99. The van der Waals surface area contributed by atoms with E-state index in [9.17, 15) is 4.79 Å². The Morgan fingerprint density at radius 1 is 1.21 bits per heavy atom. The van der Waals surface area contributed by atoms with E-state index in [2.05, 4.69) is 41.4 Å². The van der Waals surface area contributed by atoms with Crippen LogP contribution in [0.4, 0.5) is 5.69 Å². The zero-order valence-electron chi connectivity index (χ0n) is 17.5. The molecule has 1 fully saturated rings. The Bertz CT molecular complexity index is 801. The Kier molecular flexibility index (Phi) is 6.61. The Morgan fingerprint density at radius 2 is 1.96 bits per heavy atom. The molecule has 3 rings (SSSR count). The van der Waals surface area contributed by atoms with Gasteiger partial charge in [0.2, 0.25) is 0 Å². The SMILES string of the molecule is Cc1ccc(C)c(OCC(=O)N[C@@H](C)c2ccc(N3CCC[C@H](C)C3)cc2)c1. The number of hydrogen-bond donors (Lipinski definition) is 1. The molecule has 0 radical (unpaired) electrons. The molecule has 2 aromatic rings. The molecule has 1 aliphatic heterocycles. The summed E-state index contributed by atoms with van der Waals surface area (Å²) in [4.78, 5) is 14.8. The molecule has 0 aromatic heterocycles. The van der Waals surface area contributed by atoms with Gasteiger partial charge in [0, 0.05) is 18.8 Å². The summed E-state index contributed by atoms with van der Waals surface area (Å²) in [5.41, 5.74) is 4.53. The van der Waals surface area contributed by atoms with E-state index in [0.717, 1.165) is 41.4 Å². The van der Waals surface area contributed by atoms with Crippen LogP contribution in [0.3, 0.4) is 0 Å². The first kappa shape index (κ1) is 20.2. The Labute approximate surface area is 168 Å². The second-order valence-corrected chi connectivity index (χ2v) is 8.13. The predicted molar refractivity (Wildman–Crippen MR) is 115 cm³/mol. The van der Waals surface area contributed by atoms with Gasteiger partial charge in [-0.15, -0.1) is 0 Å². The lowest BCUT2D eigenvalue weighted by molar-refractivity contribution is -0.123. The van der Waals surface area contributed by atoms with Crippen molar-refractivity contribution in [2.24, 2.45) is 5.92 Å². The molecule has 2 aromatic carbocycles. The molecular formula is C24H32N2O2. The van der Waals surface area contributed by atoms with E-state index in [1.54, 1.807) is 0 Å². The van der Waals surface area contributed by atoms with Crippen LogP contribution in [0.5, 0.6) is 5.75 Å². The number of nitrogens with zero attached hydrogens (tertiary/aromatic N) is 1. The first-order valence-corrected chi connectivity index (χ1v) is 10.3. The Balaban J connectivity index is 1.53. The minimum atomic E-state index is -0.109. The average molecular weight is 381 g/mol. The van der Waals surface area contributed by atoms with E-state index >= 15 is 0 Å². The number of benzene rings is 2. The van der Waals surface area contributed by atoms with Crippen LogP contribution in [0.25, 0.3) is 0 Å². The van der Waals surface area contributed by atoms with Crippen molar-refractivity contribution >= 4 is 11.6 Å². The third-order valence-electron chi connectivity index (χ3n) is 5.50. The summed E-state index contributed by atoms with van der Waals surface area (Å²) in [5, 5.41) is 3.03. The van der Waals surface area contributed by atoms with Gasteiger partial charge in [0.05, 0.1) is 6.04 Å². The van der Waals surface area contributed by atoms with Crippen molar-refractivity contribution in [2.75, 3.05) is 24.6 Å². The number of hydrogen-bond acceptors (Lipinski definition) is 3. The number of rotatable bonds is 6. The highest BCUT2D eigenvalue weighted by molar-refractivity contribution is 5.78. The van der Waals surface area contributed by atoms with E-state index < -0.39 is 0 Å². The number of anilines is 1. The van der Waals surface area contributed by atoms with Crippen molar-refractivity contribution in [1.29, 1.82) is 0 Å². The number of piperidine rings is 1. The second-order valence-electron chi connectivity index (χ2n) is 8.13. The predicted octanol–water partition coefficient (Wildman–Crippen LogP) is 4.80. The first-order chi connectivity index (χ1) is 13.4. The molecule has 1 saturated heterocycles. The fourth-order valence-electron chi connectivity index (χ4n) is 3.77. The quantitative estimate of drug-likeness (QED) is 0.783. The maximum atomic E-state index is 12.3. The summed E-state index contributed by atoms with van der Waals surface area (Å²) in [5.74, 6) is 1.41. The van der Waals surface area contributed by atoms with Gasteiger partial charge in [-0.2, -0.15) is 0 Å². The maximum Gasteiger partial charge on any atom is 0.258 e. The monoisotopic (exact) mass is 380 g/mol. The smallest absolute Gasteiger partial charge is 0.258 e. The molecule has 1 N–H and O–H groups in total. The van der Waals surface area contributed by atoms with E-state index in [1.165, 1.54) is 18.5 Å². The van der Waals surface area contributed by atoms with Gasteiger partial charge in [0.1, 0.15) is 5.75 Å². The van der Waals surface area contributed by atoms with Crippen molar-refractivity contribution in [1.82, 2.24) is 5.32 Å². The molecule has 28 heavy (non-hydrogen) atoms.